The summed E-state index contributed by atoms with van der Waals surface area (Å²) < 4.78 is 27.7. The fourth-order valence-electron chi connectivity index (χ4n) is 3.48. The minimum absolute atomic E-state index is 0.0131. The zero-order chi connectivity index (χ0) is 19.3. The van der Waals surface area contributed by atoms with Crippen LogP contribution < -0.4 is 9.62 Å². The third-order valence-electron chi connectivity index (χ3n) is 5.02. The maximum absolute atomic E-state index is 12.5. The second-order valence-corrected chi connectivity index (χ2v) is 8.89. The number of sulfonamides is 1. The van der Waals surface area contributed by atoms with Crippen LogP contribution in [0.1, 0.15) is 24.5 Å². The van der Waals surface area contributed by atoms with Crippen molar-refractivity contribution in [2.75, 3.05) is 42.3 Å². The topological polar surface area (TPSA) is 52.6 Å². The van der Waals surface area contributed by atoms with Crippen LogP contribution in [0.5, 0.6) is 0 Å². The lowest BCUT2D eigenvalue weighted by Crippen LogP contribution is -2.46. The molecule has 2 aromatic rings. The maximum Gasteiger partial charge on any atom is 0.236 e. The van der Waals surface area contributed by atoms with Crippen LogP contribution in [-0.2, 0) is 15.8 Å². The van der Waals surface area contributed by atoms with E-state index in [0.29, 0.717) is 5.69 Å². The number of benzene rings is 2. The number of piperazine rings is 1. The molecule has 1 saturated heterocycles. The van der Waals surface area contributed by atoms with E-state index in [1.165, 1.54) is 6.42 Å². The van der Waals surface area contributed by atoms with Crippen molar-refractivity contribution in [3.63, 3.8) is 0 Å². The van der Waals surface area contributed by atoms with Gasteiger partial charge in [0.15, 0.2) is 0 Å². The van der Waals surface area contributed by atoms with E-state index in [1.54, 1.807) is 0 Å². The molecule has 0 spiro atoms. The Morgan fingerprint density at radius 3 is 2.26 bits per heavy atom. The first-order valence-corrected chi connectivity index (χ1v) is 11.2. The summed E-state index contributed by atoms with van der Waals surface area (Å²) in [6.45, 7) is 9.49. The normalized spacial score (nSPS) is 15.7. The highest BCUT2D eigenvalue weighted by molar-refractivity contribution is 7.91. The van der Waals surface area contributed by atoms with Crippen LogP contribution in [0.2, 0.25) is 0 Å². The maximum atomic E-state index is 12.5. The fourth-order valence-corrected chi connectivity index (χ4v) is 4.78. The van der Waals surface area contributed by atoms with Gasteiger partial charge < -0.3 is 4.90 Å². The molecule has 0 radical (unpaired) electrons. The van der Waals surface area contributed by atoms with Crippen molar-refractivity contribution in [3.8, 4) is 0 Å². The monoisotopic (exact) mass is 387 g/mol. The largest absolute Gasteiger partial charge is 0.369 e. The Morgan fingerprint density at radius 2 is 1.63 bits per heavy atom. The molecule has 0 atom stereocenters. The molecular weight excluding hydrogens is 358 g/mol. The molecule has 0 saturated carbocycles. The number of aryl methyl sites for hydroxylation is 1. The highest BCUT2D eigenvalue weighted by Crippen LogP contribution is 2.21. The molecule has 0 aromatic heterocycles. The van der Waals surface area contributed by atoms with E-state index in [0.717, 1.165) is 49.5 Å². The van der Waals surface area contributed by atoms with Gasteiger partial charge in [-0.3, -0.25) is 9.62 Å². The van der Waals surface area contributed by atoms with E-state index in [-0.39, 0.29) is 5.75 Å². The molecule has 5 nitrogen and oxygen atoms in total. The van der Waals surface area contributed by atoms with Crippen LogP contribution in [0.25, 0.3) is 0 Å². The van der Waals surface area contributed by atoms with E-state index in [2.05, 4.69) is 21.4 Å². The predicted molar refractivity (Wildman–Crippen MR) is 113 cm³/mol. The molecule has 1 fully saturated rings. The highest BCUT2D eigenvalue weighted by Gasteiger charge is 2.17. The first kappa shape index (κ1) is 19.7. The third kappa shape index (κ3) is 5.47. The smallest absolute Gasteiger partial charge is 0.236 e. The summed E-state index contributed by atoms with van der Waals surface area (Å²) in [4.78, 5) is 4.85. The molecule has 1 N–H and O–H groups in total. The van der Waals surface area contributed by atoms with E-state index >= 15 is 0 Å². The fraction of sp³-hybridized carbons (Fsp3) is 0.429. The molecule has 0 bridgehead atoms. The molecule has 0 aliphatic carbocycles. The molecule has 2 aromatic carbocycles. The van der Waals surface area contributed by atoms with Crippen LogP contribution in [0, 0.1) is 6.92 Å². The van der Waals surface area contributed by atoms with Gasteiger partial charge in [-0.15, -0.1) is 0 Å². The van der Waals surface area contributed by atoms with Crippen LogP contribution >= 0.6 is 0 Å². The van der Waals surface area contributed by atoms with Gasteiger partial charge in [-0.25, -0.2) is 8.42 Å². The summed E-state index contributed by atoms with van der Waals surface area (Å²) in [5, 5.41) is 0. The van der Waals surface area contributed by atoms with E-state index in [1.807, 2.05) is 55.5 Å². The van der Waals surface area contributed by atoms with Crippen molar-refractivity contribution >= 4 is 21.4 Å². The lowest BCUT2D eigenvalue weighted by molar-refractivity contribution is 0.258. The van der Waals surface area contributed by atoms with Gasteiger partial charge in [0, 0.05) is 37.6 Å². The standard InChI is InChI=1S/C21H29N3O2S/c1-3-12-23-13-15-24(16-14-23)21-10-8-20(9-11-21)22-27(25,26)17-19-7-5-4-6-18(19)2/h4-11,22H,3,12-17H2,1-2H3. The van der Waals surface area contributed by atoms with Crippen molar-refractivity contribution in [2.45, 2.75) is 26.0 Å². The van der Waals surface area contributed by atoms with Crippen molar-refractivity contribution in [1.29, 1.82) is 0 Å². The van der Waals surface area contributed by atoms with Gasteiger partial charge in [0.25, 0.3) is 0 Å². The van der Waals surface area contributed by atoms with Crippen LogP contribution in [-0.4, -0.2) is 46.0 Å². The minimum atomic E-state index is -3.43. The molecule has 1 aliphatic heterocycles. The number of hydrogen-bond acceptors (Lipinski definition) is 4. The Hall–Kier alpha value is -2.05. The van der Waals surface area contributed by atoms with E-state index < -0.39 is 10.0 Å². The summed E-state index contributed by atoms with van der Waals surface area (Å²) in [7, 11) is -3.43. The minimum Gasteiger partial charge on any atom is -0.369 e. The van der Waals surface area contributed by atoms with Gasteiger partial charge in [0.2, 0.25) is 10.0 Å². The lowest BCUT2D eigenvalue weighted by Gasteiger charge is -2.36. The quantitative estimate of drug-likeness (QED) is 0.790. The van der Waals surface area contributed by atoms with Crippen molar-refractivity contribution < 1.29 is 8.42 Å². The molecule has 1 heterocycles. The molecule has 6 heteroatoms. The molecule has 0 unspecified atom stereocenters. The Balaban J connectivity index is 1.60. The van der Waals surface area contributed by atoms with Crippen LogP contribution in [0.4, 0.5) is 11.4 Å². The highest BCUT2D eigenvalue weighted by atomic mass is 32.2. The zero-order valence-electron chi connectivity index (χ0n) is 16.2. The number of nitrogens with zero attached hydrogens (tertiary/aromatic N) is 2. The summed E-state index contributed by atoms with van der Waals surface area (Å²) >= 11 is 0. The van der Waals surface area contributed by atoms with Crippen molar-refractivity contribution in [2.24, 2.45) is 0 Å². The van der Waals surface area contributed by atoms with Gasteiger partial charge >= 0.3 is 0 Å². The first-order valence-electron chi connectivity index (χ1n) is 9.59. The second-order valence-electron chi connectivity index (χ2n) is 7.16. The summed E-state index contributed by atoms with van der Waals surface area (Å²) in [5.74, 6) is -0.0131. The Bertz CT molecular complexity index is 842. The molecule has 146 valence electrons. The predicted octanol–water partition coefficient (Wildman–Crippen LogP) is 3.47. The zero-order valence-corrected chi connectivity index (χ0v) is 17.0. The first-order chi connectivity index (χ1) is 13.0. The lowest BCUT2D eigenvalue weighted by atomic mass is 10.1. The SMILES string of the molecule is CCCN1CCN(c2ccc(NS(=O)(=O)Cc3ccccc3C)cc2)CC1. The Morgan fingerprint density at radius 1 is 0.963 bits per heavy atom. The Labute approximate surface area is 163 Å². The number of anilines is 2. The van der Waals surface area contributed by atoms with Crippen LogP contribution in [0.3, 0.4) is 0 Å². The summed E-state index contributed by atoms with van der Waals surface area (Å²) in [6, 6.07) is 15.3. The number of rotatable bonds is 7. The van der Waals surface area contributed by atoms with Gasteiger partial charge in [-0.2, -0.15) is 0 Å². The molecule has 27 heavy (non-hydrogen) atoms. The van der Waals surface area contributed by atoms with Gasteiger partial charge in [-0.05, 0) is 55.3 Å². The van der Waals surface area contributed by atoms with Crippen molar-refractivity contribution in [3.05, 3.63) is 59.7 Å². The molecule has 1 aliphatic rings. The van der Waals surface area contributed by atoms with Crippen LogP contribution in [0.15, 0.2) is 48.5 Å². The third-order valence-corrected chi connectivity index (χ3v) is 6.26. The molecular formula is C21H29N3O2S. The van der Waals surface area contributed by atoms with Crippen molar-refractivity contribution in [1.82, 2.24) is 4.90 Å². The second kappa shape index (κ2) is 8.76. The van der Waals surface area contributed by atoms with Gasteiger partial charge in [-0.1, -0.05) is 31.2 Å². The van der Waals surface area contributed by atoms with Gasteiger partial charge in [0.05, 0.1) is 5.75 Å². The average Bonchev–Trinajstić information content (AvgIpc) is 2.65. The average molecular weight is 388 g/mol. The molecule has 0 amide bonds. The summed E-state index contributed by atoms with van der Waals surface area (Å²) in [6.07, 6.45) is 1.19. The van der Waals surface area contributed by atoms with Gasteiger partial charge in [0.1, 0.15) is 0 Å². The Kier molecular flexibility index (Phi) is 6.39. The molecule has 3 rings (SSSR count). The summed E-state index contributed by atoms with van der Waals surface area (Å²) in [5.41, 5.74) is 3.57. The number of nitrogens with one attached hydrogen (secondary N) is 1. The van der Waals surface area contributed by atoms with E-state index in [9.17, 15) is 8.42 Å². The van der Waals surface area contributed by atoms with E-state index in [4.69, 9.17) is 0 Å². The number of hydrogen-bond donors (Lipinski definition) is 1.